The Morgan fingerprint density at radius 2 is 2.27 bits per heavy atom. The molecule has 2 aromatic rings. The van der Waals surface area contributed by atoms with Gasteiger partial charge in [0, 0.05) is 23.5 Å². The summed E-state index contributed by atoms with van der Waals surface area (Å²) in [5, 5.41) is 4.27. The third kappa shape index (κ3) is 1.75. The number of fused-ring (bicyclic) bond motifs is 1. The van der Waals surface area contributed by atoms with Gasteiger partial charge in [-0.25, -0.2) is 4.39 Å². The average Bonchev–Trinajstić information content (AvgIpc) is 2.97. The molecule has 1 heterocycles. The highest BCUT2D eigenvalue weighted by molar-refractivity contribution is 5.80. The highest BCUT2D eigenvalue weighted by Gasteiger charge is 2.20. The predicted molar refractivity (Wildman–Crippen MR) is 56.0 cm³/mol. The Morgan fingerprint density at radius 3 is 3.07 bits per heavy atom. The van der Waals surface area contributed by atoms with Crippen molar-refractivity contribution in [3.63, 3.8) is 0 Å². The van der Waals surface area contributed by atoms with Crippen molar-refractivity contribution >= 4 is 11.0 Å². The number of hydrogen-bond donors (Lipinski definition) is 1. The summed E-state index contributed by atoms with van der Waals surface area (Å²) in [6.45, 7) is 0.765. The van der Waals surface area contributed by atoms with Gasteiger partial charge in [0.05, 0.1) is 6.26 Å². The summed E-state index contributed by atoms with van der Waals surface area (Å²) in [6.07, 6.45) is 4.22. The Bertz CT molecular complexity index is 487. The van der Waals surface area contributed by atoms with Gasteiger partial charge in [-0.15, -0.1) is 0 Å². The molecule has 1 saturated carbocycles. The summed E-state index contributed by atoms with van der Waals surface area (Å²) < 4.78 is 18.4. The van der Waals surface area contributed by atoms with E-state index in [-0.39, 0.29) is 5.82 Å². The van der Waals surface area contributed by atoms with E-state index in [0.29, 0.717) is 6.04 Å². The van der Waals surface area contributed by atoms with Crippen LogP contribution < -0.4 is 5.32 Å². The molecule has 0 unspecified atom stereocenters. The highest BCUT2D eigenvalue weighted by atomic mass is 19.1. The number of benzene rings is 1. The van der Waals surface area contributed by atoms with E-state index in [1.54, 1.807) is 12.3 Å². The Morgan fingerprint density at radius 1 is 1.40 bits per heavy atom. The van der Waals surface area contributed by atoms with Gasteiger partial charge in [0.2, 0.25) is 0 Å². The van der Waals surface area contributed by atoms with Gasteiger partial charge in [0.15, 0.2) is 0 Å². The van der Waals surface area contributed by atoms with Crippen LogP contribution in [0.3, 0.4) is 0 Å². The monoisotopic (exact) mass is 205 g/mol. The second kappa shape index (κ2) is 3.35. The fraction of sp³-hybridized carbons (Fsp3) is 0.333. The molecule has 15 heavy (non-hydrogen) atoms. The second-order valence-electron chi connectivity index (χ2n) is 4.06. The standard InChI is InChI=1S/C12H12FNO/c13-9-1-4-12-11(5-9)8(7-15-12)6-14-10-2-3-10/h1,4-5,7,10,14H,2-3,6H2. The first-order valence-corrected chi connectivity index (χ1v) is 5.22. The SMILES string of the molecule is Fc1ccc2occ(CNC3CC3)c2c1. The Labute approximate surface area is 87.1 Å². The molecule has 0 amide bonds. The van der Waals surface area contributed by atoms with Crippen LogP contribution in [0.1, 0.15) is 18.4 Å². The van der Waals surface area contributed by atoms with E-state index in [9.17, 15) is 4.39 Å². The molecule has 1 aromatic heterocycles. The Balaban J connectivity index is 1.91. The summed E-state index contributed by atoms with van der Waals surface area (Å²) >= 11 is 0. The molecule has 0 radical (unpaired) electrons. The zero-order chi connectivity index (χ0) is 10.3. The van der Waals surface area contributed by atoms with E-state index in [2.05, 4.69) is 5.32 Å². The summed E-state index contributed by atoms with van der Waals surface area (Å²) in [7, 11) is 0. The average molecular weight is 205 g/mol. The van der Waals surface area contributed by atoms with Crippen LogP contribution in [0.5, 0.6) is 0 Å². The maximum atomic E-state index is 13.0. The molecule has 3 rings (SSSR count). The number of rotatable bonds is 3. The van der Waals surface area contributed by atoms with Crippen LogP contribution in [-0.2, 0) is 6.54 Å². The minimum atomic E-state index is -0.212. The lowest BCUT2D eigenvalue weighted by molar-refractivity contribution is 0.599. The fourth-order valence-corrected chi connectivity index (χ4v) is 1.73. The molecule has 0 spiro atoms. The quantitative estimate of drug-likeness (QED) is 0.833. The van der Waals surface area contributed by atoms with Gasteiger partial charge >= 0.3 is 0 Å². The molecule has 0 saturated heterocycles. The smallest absolute Gasteiger partial charge is 0.134 e. The molecule has 78 valence electrons. The molecule has 1 aliphatic rings. The fourth-order valence-electron chi connectivity index (χ4n) is 1.73. The number of furan rings is 1. The van der Waals surface area contributed by atoms with Gasteiger partial charge in [-0.05, 0) is 31.0 Å². The molecule has 2 nitrogen and oxygen atoms in total. The molecule has 0 atom stereocenters. The zero-order valence-electron chi connectivity index (χ0n) is 8.29. The van der Waals surface area contributed by atoms with Crippen LogP contribution in [0.4, 0.5) is 4.39 Å². The van der Waals surface area contributed by atoms with Gasteiger partial charge in [-0.1, -0.05) is 0 Å². The van der Waals surface area contributed by atoms with Gasteiger partial charge in [-0.3, -0.25) is 0 Å². The summed E-state index contributed by atoms with van der Waals surface area (Å²) in [5.74, 6) is -0.212. The third-order valence-electron chi connectivity index (χ3n) is 2.77. The van der Waals surface area contributed by atoms with Crippen molar-refractivity contribution in [2.45, 2.75) is 25.4 Å². The van der Waals surface area contributed by atoms with Crippen molar-refractivity contribution in [1.29, 1.82) is 0 Å². The molecule has 0 aliphatic heterocycles. The number of halogens is 1. The van der Waals surface area contributed by atoms with Crippen molar-refractivity contribution in [3.05, 3.63) is 35.8 Å². The molecule has 1 fully saturated rings. The van der Waals surface area contributed by atoms with Gasteiger partial charge in [0.1, 0.15) is 11.4 Å². The molecule has 0 bridgehead atoms. The van der Waals surface area contributed by atoms with E-state index < -0.39 is 0 Å². The van der Waals surface area contributed by atoms with Crippen LogP contribution in [0.2, 0.25) is 0 Å². The minimum Gasteiger partial charge on any atom is -0.464 e. The van der Waals surface area contributed by atoms with Crippen molar-refractivity contribution in [1.82, 2.24) is 5.32 Å². The third-order valence-corrected chi connectivity index (χ3v) is 2.77. The molecule has 1 N–H and O–H groups in total. The molecule has 3 heteroatoms. The maximum Gasteiger partial charge on any atom is 0.134 e. The zero-order valence-corrected chi connectivity index (χ0v) is 8.29. The first kappa shape index (κ1) is 8.92. The topological polar surface area (TPSA) is 25.2 Å². The number of hydrogen-bond acceptors (Lipinski definition) is 2. The molecular formula is C12H12FNO. The summed E-state index contributed by atoms with van der Waals surface area (Å²) in [4.78, 5) is 0. The van der Waals surface area contributed by atoms with E-state index in [1.165, 1.54) is 25.0 Å². The lowest BCUT2D eigenvalue weighted by Crippen LogP contribution is -2.14. The van der Waals surface area contributed by atoms with Crippen LogP contribution in [0.15, 0.2) is 28.9 Å². The number of nitrogens with one attached hydrogen (secondary N) is 1. The van der Waals surface area contributed by atoms with Crippen LogP contribution in [-0.4, -0.2) is 6.04 Å². The molecule has 1 aliphatic carbocycles. The van der Waals surface area contributed by atoms with Crippen molar-refractivity contribution in [2.75, 3.05) is 0 Å². The van der Waals surface area contributed by atoms with Crippen molar-refractivity contribution in [3.8, 4) is 0 Å². The van der Waals surface area contributed by atoms with E-state index in [4.69, 9.17) is 4.42 Å². The van der Waals surface area contributed by atoms with Gasteiger partial charge < -0.3 is 9.73 Å². The Kier molecular flexibility index (Phi) is 1.99. The highest BCUT2D eigenvalue weighted by Crippen LogP contribution is 2.24. The Hall–Kier alpha value is -1.35. The largest absolute Gasteiger partial charge is 0.464 e. The van der Waals surface area contributed by atoms with Crippen LogP contribution in [0.25, 0.3) is 11.0 Å². The first-order valence-electron chi connectivity index (χ1n) is 5.22. The predicted octanol–water partition coefficient (Wildman–Crippen LogP) is 2.82. The van der Waals surface area contributed by atoms with Crippen LogP contribution >= 0.6 is 0 Å². The first-order chi connectivity index (χ1) is 7.33. The van der Waals surface area contributed by atoms with E-state index in [0.717, 1.165) is 23.1 Å². The minimum absolute atomic E-state index is 0.212. The second-order valence-corrected chi connectivity index (χ2v) is 4.06. The van der Waals surface area contributed by atoms with E-state index in [1.807, 2.05) is 0 Å². The van der Waals surface area contributed by atoms with Gasteiger partial charge in [-0.2, -0.15) is 0 Å². The maximum absolute atomic E-state index is 13.0. The summed E-state index contributed by atoms with van der Waals surface area (Å²) in [5.41, 5.74) is 1.79. The van der Waals surface area contributed by atoms with Gasteiger partial charge in [0.25, 0.3) is 0 Å². The van der Waals surface area contributed by atoms with Crippen LogP contribution in [0, 0.1) is 5.82 Å². The van der Waals surface area contributed by atoms with E-state index >= 15 is 0 Å². The lowest BCUT2D eigenvalue weighted by atomic mass is 10.2. The van der Waals surface area contributed by atoms with Crippen molar-refractivity contribution in [2.24, 2.45) is 0 Å². The normalized spacial score (nSPS) is 16.1. The molecular weight excluding hydrogens is 193 g/mol. The molecule has 1 aromatic carbocycles. The summed E-state index contributed by atoms with van der Waals surface area (Å²) in [6, 6.07) is 5.28. The van der Waals surface area contributed by atoms with Crippen molar-refractivity contribution < 1.29 is 8.81 Å². The lowest BCUT2D eigenvalue weighted by Gasteiger charge is -1.99.